The average Bonchev–Trinajstić information content (AvgIpc) is 2.16. The van der Waals surface area contributed by atoms with Gasteiger partial charge in [0.25, 0.3) is 0 Å². The van der Waals surface area contributed by atoms with Crippen LogP contribution in [0.3, 0.4) is 0 Å². The smallest absolute Gasteiger partial charge is 0.0133 e. The van der Waals surface area contributed by atoms with E-state index < -0.39 is 0 Å². The minimum Gasteiger partial charge on any atom is -0.330 e. The van der Waals surface area contributed by atoms with Gasteiger partial charge >= 0.3 is 0 Å². The normalized spacial score (nSPS) is 15.6. The van der Waals surface area contributed by atoms with Crippen LogP contribution < -0.4 is 5.73 Å². The molecule has 1 atom stereocenters. The molecular formula is C12H18IN. The van der Waals surface area contributed by atoms with E-state index in [1.54, 1.807) is 0 Å². The fourth-order valence-electron chi connectivity index (χ4n) is 1.53. The van der Waals surface area contributed by atoms with E-state index in [0.717, 1.165) is 0 Å². The van der Waals surface area contributed by atoms with E-state index in [1.165, 1.54) is 9.13 Å². The first-order valence-electron chi connectivity index (χ1n) is 4.97. The Bertz CT molecular complexity index is 309. The van der Waals surface area contributed by atoms with Gasteiger partial charge in [-0.25, -0.2) is 0 Å². The van der Waals surface area contributed by atoms with Crippen LogP contribution >= 0.6 is 22.6 Å². The molecule has 0 spiro atoms. The molecule has 0 saturated heterocycles. The number of hydrogen-bond acceptors (Lipinski definition) is 1. The third-order valence-corrected chi connectivity index (χ3v) is 3.85. The van der Waals surface area contributed by atoms with Crippen molar-refractivity contribution in [1.29, 1.82) is 0 Å². The predicted octanol–water partition coefficient (Wildman–Crippen LogP) is 3.16. The molecule has 0 fully saturated rings. The van der Waals surface area contributed by atoms with E-state index >= 15 is 0 Å². The van der Waals surface area contributed by atoms with Gasteiger partial charge in [0.1, 0.15) is 0 Å². The summed E-state index contributed by atoms with van der Waals surface area (Å²) in [6, 6.07) is 8.62. The van der Waals surface area contributed by atoms with Gasteiger partial charge in [0, 0.05) is 15.5 Å². The second-order valence-corrected chi connectivity index (χ2v) is 5.53. The molecule has 1 aromatic carbocycles. The first kappa shape index (κ1) is 12.0. The molecule has 0 radical (unpaired) electrons. The summed E-state index contributed by atoms with van der Waals surface area (Å²) in [5, 5.41) is 0. The van der Waals surface area contributed by atoms with Crippen LogP contribution in [0.2, 0.25) is 0 Å². The maximum Gasteiger partial charge on any atom is 0.0133 e. The van der Waals surface area contributed by atoms with Crippen LogP contribution in [-0.4, -0.2) is 6.54 Å². The second-order valence-electron chi connectivity index (χ2n) is 4.29. The Morgan fingerprint density at radius 2 is 2.07 bits per heavy atom. The average molecular weight is 303 g/mol. The van der Waals surface area contributed by atoms with E-state index in [1.807, 2.05) is 0 Å². The monoisotopic (exact) mass is 303 g/mol. The highest BCUT2D eigenvalue weighted by atomic mass is 127. The van der Waals surface area contributed by atoms with Crippen molar-refractivity contribution >= 4 is 22.6 Å². The fraction of sp³-hybridized carbons (Fsp3) is 0.500. The largest absolute Gasteiger partial charge is 0.330 e. The lowest BCUT2D eigenvalue weighted by Crippen LogP contribution is -2.37. The van der Waals surface area contributed by atoms with Crippen LogP contribution in [0.25, 0.3) is 0 Å². The van der Waals surface area contributed by atoms with Gasteiger partial charge in [-0.2, -0.15) is 0 Å². The van der Waals surface area contributed by atoms with Crippen LogP contribution in [0.15, 0.2) is 24.3 Å². The number of rotatable bonds is 3. The summed E-state index contributed by atoms with van der Waals surface area (Å²) in [4.78, 5) is 0. The molecule has 0 bridgehead atoms. The molecule has 0 amide bonds. The molecule has 0 aliphatic rings. The van der Waals surface area contributed by atoms with Gasteiger partial charge < -0.3 is 5.73 Å². The molecule has 1 aromatic rings. The van der Waals surface area contributed by atoms with Gasteiger partial charge in [-0.1, -0.05) is 32.9 Å². The molecule has 1 nitrogen and oxygen atoms in total. The third kappa shape index (κ3) is 2.28. The zero-order chi connectivity index (χ0) is 10.8. The van der Waals surface area contributed by atoms with Crippen LogP contribution in [0.1, 0.15) is 26.3 Å². The summed E-state index contributed by atoms with van der Waals surface area (Å²) in [6.45, 7) is 7.40. The highest BCUT2D eigenvalue weighted by molar-refractivity contribution is 14.1. The van der Waals surface area contributed by atoms with E-state index in [4.69, 9.17) is 5.73 Å². The molecule has 0 saturated carbocycles. The Morgan fingerprint density at radius 1 is 1.43 bits per heavy atom. The van der Waals surface area contributed by atoms with Crippen LogP contribution in [-0.2, 0) is 5.41 Å². The number of halogens is 1. The summed E-state index contributed by atoms with van der Waals surface area (Å²) >= 11 is 2.34. The number of benzene rings is 1. The Labute approximate surface area is 100 Å². The summed E-state index contributed by atoms with van der Waals surface area (Å²) in [6.07, 6.45) is 0. The minimum atomic E-state index is 0.0984. The van der Waals surface area contributed by atoms with Crippen molar-refractivity contribution in [2.75, 3.05) is 6.54 Å². The van der Waals surface area contributed by atoms with Gasteiger partial charge in [-0.15, -0.1) is 0 Å². The van der Waals surface area contributed by atoms with Crippen LogP contribution in [0, 0.1) is 9.49 Å². The summed E-state index contributed by atoms with van der Waals surface area (Å²) in [5.41, 5.74) is 7.33. The summed E-state index contributed by atoms with van der Waals surface area (Å²) in [5.74, 6) is 0.561. The van der Waals surface area contributed by atoms with Crippen molar-refractivity contribution < 1.29 is 0 Å². The number of nitrogens with two attached hydrogens (primary N) is 1. The van der Waals surface area contributed by atoms with Crippen LogP contribution in [0.5, 0.6) is 0 Å². The Balaban J connectivity index is 3.12. The topological polar surface area (TPSA) is 26.0 Å². The van der Waals surface area contributed by atoms with Crippen molar-refractivity contribution in [2.24, 2.45) is 11.7 Å². The highest BCUT2D eigenvalue weighted by Gasteiger charge is 2.28. The minimum absolute atomic E-state index is 0.0984. The third-order valence-electron chi connectivity index (χ3n) is 3.18. The lowest BCUT2D eigenvalue weighted by atomic mass is 9.73. The van der Waals surface area contributed by atoms with Crippen molar-refractivity contribution in [2.45, 2.75) is 26.2 Å². The maximum atomic E-state index is 5.89. The van der Waals surface area contributed by atoms with Gasteiger partial charge in [-0.05, 0) is 46.2 Å². The molecule has 0 aliphatic heterocycles. The van der Waals surface area contributed by atoms with Crippen molar-refractivity contribution in [3.05, 3.63) is 33.4 Å². The maximum absolute atomic E-state index is 5.89. The highest BCUT2D eigenvalue weighted by Crippen LogP contribution is 2.31. The molecular weight excluding hydrogens is 285 g/mol. The summed E-state index contributed by atoms with van der Waals surface area (Å²) < 4.78 is 1.28. The zero-order valence-electron chi connectivity index (χ0n) is 9.05. The second kappa shape index (κ2) is 4.62. The predicted molar refractivity (Wildman–Crippen MR) is 70.4 cm³/mol. The summed E-state index contributed by atoms with van der Waals surface area (Å²) in [7, 11) is 0. The molecule has 1 rings (SSSR count). The molecule has 0 aromatic heterocycles. The van der Waals surface area contributed by atoms with Crippen LogP contribution in [0.4, 0.5) is 0 Å². The van der Waals surface area contributed by atoms with E-state index in [9.17, 15) is 0 Å². The Hall–Kier alpha value is -0.0900. The lowest BCUT2D eigenvalue weighted by molar-refractivity contribution is 0.347. The fourth-order valence-corrected chi connectivity index (χ4v) is 2.07. The molecule has 78 valence electrons. The van der Waals surface area contributed by atoms with Gasteiger partial charge in [0.2, 0.25) is 0 Å². The van der Waals surface area contributed by atoms with E-state index in [2.05, 4.69) is 67.6 Å². The zero-order valence-corrected chi connectivity index (χ0v) is 11.2. The first-order chi connectivity index (χ1) is 6.50. The van der Waals surface area contributed by atoms with Gasteiger partial charge in [0.15, 0.2) is 0 Å². The number of hydrogen-bond donors (Lipinski definition) is 1. The van der Waals surface area contributed by atoms with Crippen molar-refractivity contribution in [3.8, 4) is 0 Å². The molecule has 1 unspecified atom stereocenters. The van der Waals surface area contributed by atoms with Crippen molar-refractivity contribution in [3.63, 3.8) is 0 Å². The van der Waals surface area contributed by atoms with Crippen molar-refractivity contribution in [1.82, 2.24) is 0 Å². The van der Waals surface area contributed by atoms with E-state index in [-0.39, 0.29) is 5.41 Å². The molecule has 2 N–H and O–H groups in total. The quantitative estimate of drug-likeness (QED) is 0.853. The Kier molecular flexibility index (Phi) is 3.95. The molecule has 0 aliphatic carbocycles. The Morgan fingerprint density at radius 3 is 2.50 bits per heavy atom. The lowest BCUT2D eigenvalue weighted by Gasteiger charge is -2.33. The standard InChI is InChI=1S/C12H18IN/c1-9(2)12(3,8-14)10-5-4-6-11(13)7-10/h4-7,9H,8,14H2,1-3H3. The molecule has 0 heterocycles. The molecule has 2 heteroatoms. The molecule has 14 heavy (non-hydrogen) atoms. The first-order valence-corrected chi connectivity index (χ1v) is 6.04. The van der Waals surface area contributed by atoms with Gasteiger partial charge in [-0.3, -0.25) is 0 Å². The van der Waals surface area contributed by atoms with Gasteiger partial charge in [0.05, 0.1) is 0 Å². The SMILES string of the molecule is CC(C)C(C)(CN)c1cccc(I)c1. The van der Waals surface area contributed by atoms with E-state index in [0.29, 0.717) is 12.5 Å².